The van der Waals surface area contributed by atoms with E-state index in [1.54, 1.807) is 0 Å². The molecule has 5 rings (SSSR count). The molecule has 0 unspecified atom stereocenters. The standard InChI is InChI=1S/C36H32OSi/c1-25-14-18-29(19-15-25)34-32(28-11-7-6-8-12-28)33(35(36(34)37)30-20-16-26(2)17-21-30)31-13-9-10-27(24-31)22-23-38(3,4)5/h6-21,24H,1-5H3. The van der Waals surface area contributed by atoms with Crippen LogP contribution in [0.5, 0.6) is 0 Å². The summed E-state index contributed by atoms with van der Waals surface area (Å²) in [4.78, 5) is 14.4. The summed E-state index contributed by atoms with van der Waals surface area (Å²) in [5, 5.41) is 0. The maximum absolute atomic E-state index is 14.4. The Morgan fingerprint density at radius 1 is 0.526 bits per heavy atom. The van der Waals surface area contributed by atoms with E-state index in [2.05, 4.69) is 130 Å². The third-order valence-electron chi connectivity index (χ3n) is 6.68. The Hall–Kier alpha value is -4.19. The molecule has 1 aliphatic rings. The van der Waals surface area contributed by atoms with E-state index >= 15 is 0 Å². The first-order chi connectivity index (χ1) is 18.2. The molecule has 0 saturated heterocycles. The molecule has 0 spiro atoms. The van der Waals surface area contributed by atoms with Crippen LogP contribution in [0.25, 0.3) is 22.3 Å². The van der Waals surface area contributed by atoms with Crippen LogP contribution in [0.15, 0.2) is 103 Å². The first-order valence-corrected chi connectivity index (χ1v) is 16.6. The van der Waals surface area contributed by atoms with Gasteiger partial charge >= 0.3 is 0 Å². The number of benzene rings is 4. The van der Waals surface area contributed by atoms with E-state index in [4.69, 9.17) is 0 Å². The van der Waals surface area contributed by atoms with Crippen molar-refractivity contribution in [2.45, 2.75) is 33.5 Å². The summed E-state index contributed by atoms with van der Waals surface area (Å²) in [5.74, 6) is 3.47. The molecule has 38 heavy (non-hydrogen) atoms. The van der Waals surface area contributed by atoms with Gasteiger partial charge < -0.3 is 0 Å². The van der Waals surface area contributed by atoms with Crippen molar-refractivity contribution in [1.29, 1.82) is 0 Å². The molecule has 1 aliphatic carbocycles. The number of carbonyl (C=O) groups is 1. The average Bonchev–Trinajstić information content (AvgIpc) is 3.21. The van der Waals surface area contributed by atoms with Crippen molar-refractivity contribution in [3.05, 3.63) is 142 Å². The molecule has 0 amide bonds. The maximum atomic E-state index is 14.4. The lowest BCUT2D eigenvalue weighted by Crippen LogP contribution is -2.16. The minimum atomic E-state index is -1.53. The lowest BCUT2D eigenvalue weighted by molar-refractivity contribution is -0.108. The molecular weight excluding hydrogens is 476 g/mol. The van der Waals surface area contributed by atoms with Crippen LogP contribution >= 0.6 is 0 Å². The minimum absolute atomic E-state index is 0.0603. The number of hydrogen-bond donors (Lipinski definition) is 0. The van der Waals surface area contributed by atoms with Crippen LogP contribution < -0.4 is 0 Å². The average molecular weight is 509 g/mol. The molecule has 0 atom stereocenters. The number of ketones is 1. The van der Waals surface area contributed by atoms with Crippen LogP contribution in [-0.4, -0.2) is 13.9 Å². The minimum Gasteiger partial charge on any atom is -0.289 e. The van der Waals surface area contributed by atoms with E-state index < -0.39 is 8.07 Å². The van der Waals surface area contributed by atoms with Crippen molar-refractivity contribution < 1.29 is 4.79 Å². The fourth-order valence-corrected chi connectivity index (χ4v) is 5.31. The Bertz CT molecular complexity index is 1630. The van der Waals surface area contributed by atoms with Gasteiger partial charge in [-0.3, -0.25) is 4.79 Å². The highest BCUT2D eigenvalue weighted by Crippen LogP contribution is 2.49. The molecular formula is C36H32OSi. The summed E-state index contributed by atoms with van der Waals surface area (Å²) in [6.45, 7) is 10.9. The van der Waals surface area contributed by atoms with Crippen molar-refractivity contribution >= 4 is 36.1 Å². The van der Waals surface area contributed by atoms with Gasteiger partial charge in [0.2, 0.25) is 0 Å². The molecule has 1 nitrogen and oxygen atoms in total. The Balaban J connectivity index is 1.83. The number of Topliss-reactive ketones (excluding diaryl/α,β-unsaturated/α-hetero) is 1. The van der Waals surface area contributed by atoms with Gasteiger partial charge in [0, 0.05) is 27.9 Å². The first kappa shape index (κ1) is 25.5. The Morgan fingerprint density at radius 3 is 1.53 bits per heavy atom. The van der Waals surface area contributed by atoms with Crippen LogP contribution in [0.3, 0.4) is 0 Å². The molecule has 0 radical (unpaired) electrons. The highest BCUT2D eigenvalue weighted by molar-refractivity contribution is 6.83. The van der Waals surface area contributed by atoms with E-state index in [0.717, 1.165) is 50.1 Å². The molecule has 0 bridgehead atoms. The largest absolute Gasteiger partial charge is 0.289 e. The van der Waals surface area contributed by atoms with Crippen molar-refractivity contribution in [3.8, 4) is 11.5 Å². The summed E-state index contributed by atoms with van der Waals surface area (Å²) in [6.07, 6.45) is 0. The summed E-state index contributed by atoms with van der Waals surface area (Å²) >= 11 is 0. The van der Waals surface area contributed by atoms with Gasteiger partial charge in [-0.1, -0.05) is 128 Å². The smallest absolute Gasteiger partial charge is 0.195 e. The van der Waals surface area contributed by atoms with Crippen LogP contribution in [0.1, 0.15) is 38.9 Å². The fourth-order valence-electron chi connectivity index (χ4n) is 4.79. The van der Waals surface area contributed by atoms with Crippen molar-refractivity contribution in [2.24, 2.45) is 0 Å². The Morgan fingerprint density at radius 2 is 1.00 bits per heavy atom. The third-order valence-corrected chi connectivity index (χ3v) is 7.56. The second-order valence-electron chi connectivity index (χ2n) is 11.0. The maximum Gasteiger partial charge on any atom is 0.195 e. The molecule has 0 aromatic heterocycles. The van der Waals surface area contributed by atoms with Gasteiger partial charge in [0.15, 0.2) is 5.78 Å². The molecule has 0 N–H and O–H groups in total. The van der Waals surface area contributed by atoms with Gasteiger partial charge in [0.25, 0.3) is 0 Å². The zero-order valence-electron chi connectivity index (χ0n) is 22.7. The van der Waals surface area contributed by atoms with Crippen molar-refractivity contribution in [1.82, 2.24) is 0 Å². The van der Waals surface area contributed by atoms with Crippen molar-refractivity contribution in [3.63, 3.8) is 0 Å². The SMILES string of the molecule is Cc1ccc(C2=C(c3ccccc3)C(c3cccc(C#C[Si](C)(C)C)c3)=C(c3ccc(C)cc3)C2=O)cc1. The number of allylic oxidation sites excluding steroid dienone is 4. The molecule has 0 saturated carbocycles. The fraction of sp³-hybridized carbons (Fsp3) is 0.139. The molecule has 0 aliphatic heterocycles. The van der Waals surface area contributed by atoms with Gasteiger partial charge in [-0.05, 0) is 48.2 Å². The highest BCUT2D eigenvalue weighted by atomic mass is 28.3. The molecule has 0 heterocycles. The summed E-state index contributed by atoms with van der Waals surface area (Å²) in [7, 11) is -1.53. The lowest BCUT2D eigenvalue weighted by atomic mass is 9.88. The monoisotopic (exact) mass is 508 g/mol. The summed E-state index contributed by atoms with van der Waals surface area (Å²) < 4.78 is 0. The van der Waals surface area contributed by atoms with E-state index in [1.165, 1.54) is 11.1 Å². The second-order valence-corrected chi connectivity index (χ2v) is 15.8. The topological polar surface area (TPSA) is 17.1 Å². The van der Waals surface area contributed by atoms with Gasteiger partial charge in [-0.25, -0.2) is 0 Å². The van der Waals surface area contributed by atoms with E-state index in [9.17, 15) is 4.79 Å². The van der Waals surface area contributed by atoms with Crippen LogP contribution in [0.2, 0.25) is 19.6 Å². The van der Waals surface area contributed by atoms with Crippen LogP contribution in [-0.2, 0) is 4.79 Å². The predicted molar refractivity (Wildman–Crippen MR) is 164 cm³/mol. The van der Waals surface area contributed by atoms with Gasteiger partial charge in [-0.2, -0.15) is 0 Å². The zero-order valence-corrected chi connectivity index (χ0v) is 23.7. The quantitative estimate of drug-likeness (QED) is 0.199. The first-order valence-electron chi connectivity index (χ1n) is 13.1. The Labute approximate surface area is 227 Å². The highest BCUT2D eigenvalue weighted by Gasteiger charge is 2.35. The zero-order chi connectivity index (χ0) is 26.9. The second kappa shape index (κ2) is 10.3. The summed E-state index contributed by atoms with van der Waals surface area (Å²) in [6, 6.07) is 35.2. The lowest BCUT2D eigenvalue weighted by Gasteiger charge is -2.14. The molecule has 0 fully saturated rings. The van der Waals surface area contributed by atoms with Gasteiger partial charge in [0.1, 0.15) is 8.07 Å². The number of rotatable bonds is 4. The molecule has 4 aromatic carbocycles. The predicted octanol–water partition coefficient (Wildman–Crippen LogP) is 8.64. The van der Waals surface area contributed by atoms with Gasteiger partial charge in [0.05, 0.1) is 0 Å². The third kappa shape index (κ3) is 5.25. The normalized spacial score (nSPS) is 13.6. The number of carbonyl (C=O) groups excluding carboxylic acids is 1. The summed E-state index contributed by atoms with van der Waals surface area (Å²) in [5.41, 5.74) is 14.2. The van der Waals surface area contributed by atoms with E-state index in [0.29, 0.717) is 0 Å². The molecule has 186 valence electrons. The van der Waals surface area contributed by atoms with E-state index in [1.807, 2.05) is 18.2 Å². The molecule has 4 aromatic rings. The van der Waals surface area contributed by atoms with Crippen LogP contribution in [0.4, 0.5) is 0 Å². The van der Waals surface area contributed by atoms with Crippen LogP contribution in [0, 0.1) is 25.3 Å². The van der Waals surface area contributed by atoms with Gasteiger partial charge in [-0.15, -0.1) is 5.54 Å². The van der Waals surface area contributed by atoms with Crippen molar-refractivity contribution in [2.75, 3.05) is 0 Å². The Kier molecular flexibility index (Phi) is 6.89. The van der Waals surface area contributed by atoms with E-state index in [-0.39, 0.29) is 5.78 Å². The number of hydrogen-bond acceptors (Lipinski definition) is 1. The molecule has 2 heteroatoms. The number of aryl methyl sites for hydroxylation is 2.